The number of benzene rings is 2. The van der Waals surface area contributed by atoms with Crippen LogP contribution in [0.2, 0.25) is 10.0 Å². The number of likely N-dealkylation sites (N-methyl/N-ethyl adjacent to an activating group) is 1. The number of methoxy groups -OCH3 is 1. The normalized spacial score (nSPS) is 10.3. The third kappa shape index (κ3) is 5.03. The van der Waals surface area contributed by atoms with E-state index in [0.717, 1.165) is 5.56 Å². The van der Waals surface area contributed by atoms with E-state index >= 15 is 0 Å². The van der Waals surface area contributed by atoms with E-state index < -0.39 is 12.6 Å². The third-order valence-corrected chi connectivity index (χ3v) is 4.20. The molecule has 0 heterocycles. The highest BCUT2D eigenvalue weighted by atomic mass is 35.5. The summed E-state index contributed by atoms with van der Waals surface area (Å²) in [5, 5.41) is 0.816. The Morgan fingerprint density at radius 2 is 1.81 bits per heavy atom. The summed E-state index contributed by atoms with van der Waals surface area (Å²) in [6, 6.07) is 9.89. The molecule has 8 heteroatoms. The van der Waals surface area contributed by atoms with E-state index in [9.17, 15) is 9.59 Å². The van der Waals surface area contributed by atoms with Crippen LogP contribution in [0, 0.1) is 0 Å². The summed E-state index contributed by atoms with van der Waals surface area (Å²) < 4.78 is 10.2. The summed E-state index contributed by atoms with van der Waals surface area (Å²) in [5.74, 6) is -0.857. The van der Waals surface area contributed by atoms with Crippen LogP contribution < -0.4 is 10.5 Å². The second kappa shape index (κ2) is 8.78. The zero-order chi connectivity index (χ0) is 19.3. The van der Waals surface area contributed by atoms with Crippen LogP contribution in [0.15, 0.2) is 36.4 Å². The SMILES string of the molecule is COc1cc(N)c(Cl)cc1C(=O)OCC(=O)N(C)Cc1ccc(Cl)cc1. The van der Waals surface area contributed by atoms with Gasteiger partial charge in [0, 0.05) is 24.7 Å². The Morgan fingerprint density at radius 1 is 1.15 bits per heavy atom. The molecule has 0 radical (unpaired) electrons. The molecule has 6 nitrogen and oxygen atoms in total. The number of carbonyl (C=O) groups is 2. The zero-order valence-electron chi connectivity index (χ0n) is 14.3. The molecular weight excluding hydrogens is 379 g/mol. The Hall–Kier alpha value is -2.44. The van der Waals surface area contributed by atoms with Crippen molar-refractivity contribution in [3.05, 3.63) is 57.6 Å². The maximum Gasteiger partial charge on any atom is 0.342 e. The highest BCUT2D eigenvalue weighted by Crippen LogP contribution is 2.29. The van der Waals surface area contributed by atoms with Crippen molar-refractivity contribution in [3.8, 4) is 5.75 Å². The smallest absolute Gasteiger partial charge is 0.342 e. The number of anilines is 1. The largest absolute Gasteiger partial charge is 0.496 e. The van der Waals surface area contributed by atoms with Gasteiger partial charge in [-0.3, -0.25) is 4.79 Å². The van der Waals surface area contributed by atoms with Gasteiger partial charge in [-0.15, -0.1) is 0 Å². The number of hydrogen-bond acceptors (Lipinski definition) is 5. The Kier molecular flexibility index (Phi) is 6.71. The number of nitrogens with two attached hydrogens (primary N) is 1. The van der Waals surface area contributed by atoms with E-state index in [1.807, 2.05) is 12.1 Å². The van der Waals surface area contributed by atoms with Gasteiger partial charge in [0.25, 0.3) is 5.91 Å². The Morgan fingerprint density at radius 3 is 2.42 bits per heavy atom. The molecule has 0 unspecified atom stereocenters. The molecule has 0 atom stereocenters. The quantitative estimate of drug-likeness (QED) is 0.597. The average molecular weight is 397 g/mol. The van der Waals surface area contributed by atoms with Gasteiger partial charge in [-0.2, -0.15) is 0 Å². The standard InChI is InChI=1S/C18H18Cl2N2O4/c1-22(9-11-3-5-12(19)6-4-11)17(23)10-26-18(24)13-7-14(20)15(21)8-16(13)25-2/h3-8H,9-10,21H2,1-2H3. The van der Waals surface area contributed by atoms with E-state index in [1.165, 1.54) is 24.1 Å². The fraction of sp³-hybridized carbons (Fsp3) is 0.222. The lowest BCUT2D eigenvalue weighted by molar-refractivity contribution is -0.133. The first-order valence-electron chi connectivity index (χ1n) is 7.60. The summed E-state index contributed by atoms with van der Waals surface area (Å²) in [5.41, 5.74) is 6.96. The van der Waals surface area contributed by atoms with Crippen LogP contribution in [-0.4, -0.2) is 37.5 Å². The molecule has 2 aromatic carbocycles. The maximum atomic E-state index is 12.2. The van der Waals surface area contributed by atoms with Gasteiger partial charge < -0.3 is 20.1 Å². The predicted octanol–water partition coefficient (Wildman–Crippen LogP) is 3.40. The first-order valence-corrected chi connectivity index (χ1v) is 8.36. The molecule has 1 amide bonds. The fourth-order valence-electron chi connectivity index (χ4n) is 2.16. The molecule has 0 spiro atoms. The van der Waals surface area contributed by atoms with E-state index in [2.05, 4.69) is 0 Å². The van der Waals surface area contributed by atoms with Gasteiger partial charge in [0.2, 0.25) is 0 Å². The van der Waals surface area contributed by atoms with Crippen LogP contribution in [-0.2, 0) is 16.1 Å². The van der Waals surface area contributed by atoms with E-state index in [-0.39, 0.29) is 27.9 Å². The lowest BCUT2D eigenvalue weighted by atomic mass is 10.2. The maximum absolute atomic E-state index is 12.2. The monoisotopic (exact) mass is 396 g/mol. The van der Waals surface area contributed by atoms with Crippen LogP contribution >= 0.6 is 23.2 Å². The molecule has 138 valence electrons. The molecule has 26 heavy (non-hydrogen) atoms. The van der Waals surface area contributed by atoms with Crippen molar-refractivity contribution in [1.29, 1.82) is 0 Å². The molecule has 0 saturated heterocycles. The number of amides is 1. The van der Waals surface area contributed by atoms with Crippen molar-refractivity contribution in [2.75, 3.05) is 26.5 Å². The number of rotatable bonds is 6. The summed E-state index contributed by atoms with van der Waals surface area (Å²) in [6.45, 7) is -0.0430. The molecule has 0 aliphatic carbocycles. The first kappa shape index (κ1) is 19.9. The van der Waals surface area contributed by atoms with Gasteiger partial charge in [0.05, 0.1) is 17.8 Å². The first-order chi connectivity index (χ1) is 12.3. The van der Waals surface area contributed by atoms with Crippen LogP contribution in [0.3, 0.4) is 0 Å². The molecule has 2 N–H and O–H groups in total. The van der Waals surface area contributed by atoms with Crippen molar-refractivity contribution < 1.29 is 19.1 Å². The number of nitrogen functional groups attached to an aromatic ring is 1. The minimum absolute atomic E-state index is 0.0971. The number of esters is 1. The Bertz CT molecular complexity index is 810. The Labute approximate surface area is 161 Å². The molecular formula is C18H18Cl2N2O4. The molecule has 0 saturated carbocycles. The van der Waals surface area contributed by atoms with Crippen LogP contribution in [0.25, 0.3) is 0 Å². The summed E-state index contributed by atoms with van der Waals surface area (Å²) in [7, 11) is 3.01. The number of halogens is 2. The summed E-state index contributed by atoms with van der Waals surface area (Å²) >= 11 is 11.8. The van der Waals surface area contributed by atoms with Crippen molar-refractivity contribution in [2.24, 2.45) is 0 Å². The molecule has 2 rings (SSSR count). The van der Waals surface area contributed by atoms with Gasteiger partial charge in [-0.1, -0.05) is 35.3 Å². The average Bonchev–Trinajstić information content (AvgIpc) is 2.63. The second-order valence-corrected chi connectivity index (χ2v) is 6.37. The topological polar surface area (TPSA) is 81.9 Å². The van der Waals surface area contributed by atoms with Crippen molar-refractivity contribution in [2.45, 2.75) is 6.54 Å². The zero-order valence-corrected chi connectivity index (χ0v) is 15.8. The van der Waals surface area contributed by atoms with Gasteiger partial charge in [-0.05, 0) is 23.8 Å². The van der Waals surface area contributed by atoms with Crippen molar-refractivity contribution in [3.63, 3.8) is 0 Å². The molecule has 0 fully saturated rings. The van der Waals surface area contributed by atoms with Crippen molar-refractivity contribution in [1.82, 2.24) is 4.90 Å². The van der Waals surface area contributed by atoms with Crippen LogP contribution in [0.4, 0.5) is 5.69 Å². The van der Waals surface area contributed by atoms with Gasteiger partial charge in [0.1, 0.15) is 11.3 Å². The molecule has 0 aromatic heterocycles. The third-order valence-electron chi connectivity index (χ3n) is 3.62. The highest BCUT2D eigenvalue weighted by molar-refractivity contribution is 6.33. The number of ether oxygens (including phenoxy) is 2. The predicted molar refractivity (Wildman–Crippen MR) is 101 cm³/mol. The number of hydrogen-bond donors (Lipinski definition) is 1. The van der Waals surface area contributed by atoms with Crippen LogP contribution in [0.5, 0.6) is 5.75 Å². The molecule has 2 aromatic rings. The van der Waals surface area contributed by atoms with E-state index in [4.69, 9.17) is 38.4 Å². The van der Waals surface area contributed by atoms with Gasteiger partial charge in [-0.25, -0.2) is 4.79 Å². The fourth-order valence-corrected chi connectivity index (χ4v) is 2.45. The van der Waals surface area contributed by atoms with Crippen LogP contribution in [0.1, 0.15) is 15.9 Å². The van der Waals surface area contributed by atoms with Gasteiger partial charge in [0.15, 0.2) is 6.61 Å². The van der Waals surface area contributed by atoms with E-state index in [1.54, 1.807) is 19.2 Å². The minimum atomic E-state index is -0.725. The second-order valence-electron chi connectivity index (χ2n) is 5.53. The lowest BCUT2D eigenvalue weighted by Crippen LogP contribution is -2.30. The summed E-state index contributed by atoms with van der Waals surface area (Å²) in [4.78, 5) is 25.8. The number of carbonyl (C=O) groups excluding carboxylic acids is 2. The Balaban J connectivity index is 1.97. The highest BCUT2D eigenvalue weighted by Gasteiger charge is 2.19. The molecule has 0 bridgehead atoms. The molecule has 0 aliphatic rings. The van der Waals surface area contributed by atoms with Gasteiger partial charge >= 0.3 is 5.97 Å². The van der Waals surface area contributed by atoms with E-state index in [0.29, 0.717) is 11.6 Å². The molecule has 0 aliphatic heterocycles. The lowest BCUT2D eigenvalue weighted by Gasteiger charge is -2.17. The van der Waals surface area contributed by atoms with Crippen molar-refractivity contribution >= 4 is 40.8 Å². The summed E-state index contributed by atoms with van der Waals surface area (Å²) in [6.07, 6.45) is 0. The minimum Gasteiger partial charge on any atom is -0.496 e. The number of nitrogens with zero attached hydrogens (tertiary/aromatic N) is 1.